The molecule has 1 N–H and O–H groups in total. The largest absolute Gasteiger partial charge is 0.338 e. The van der Waals surface area contributed by atoms with Crippen molar-refractivity contribution >= 4 is 39.3 Å². The van der Waals surface area contributed by atoms with E-state index in [1.165, 1.54) is 35.3 Å². The number of amides is 2. The molecule has 0 radical (unpaired) electrons. The summed E-state index contributed by atoms with van der Waals surface area (Å²) in [5.74, 6) is 0.616. The summed E-state index contributed by atoms with van der Waals surface area (Å²) in [6.45, 7) is 1.98. The van der Waals surface area contributed by atoms with Crippen LogP contribution in [0.5, 0.6) is 0 Å². The van der Waals surface area contributed by atoms with Crippen molar-refractivity contribution in [2.75, 3.05) is 32.7 Å². The smallest absolute Gasteiger partial charge is 0.317 e. The van der Waals surface area contributed by atoms with Crippen molar-refractivity contribution < 1.29 is 13.2 Å². The van der Waals surface area contributed by atoms with Gasteiger partial charge in [-0.3, -0.25) is 0 Å². The number of sulfonamides is 1. The van der Waals surface area contributed by atoms with E-state index in [9.17, 15) is 13.2 Å². The summed E-state index contributed by atoms with van der Waals surface area (Å²) < 4.78 is 26.7. The molecule has 1 aliphatic heterocycles. The number of halogens is 2. The van der Waals surface area contributed by atoms with E-state index >= 15 is 0 Å². The van der Waals surface area contributed by atoms with Gasteiger partial charge in [-0.1, -0.05) is 23.2 Å². The molecule has 0 atom stereocenters. The van der Waals surface area contributed by atoms with E-state index in [2.05, 4.69) is 5.32 Å². The first-order chi connectivity index (χ1) is 11.4. The van der Waals surface area contributed by atoms with E-state index in [1.54, 1.807) is 4.90 Å². The number of hydrogen-bond acceptors (Lipinski definition) is 3. The highest BCUT2D eigenvalue weighted by Gasteiger charge is 2.31. The highest BCUT2D eigenvalue weighted by molar-refractivity contribution is 7.89. The van der Waals surface area contributed by atoms with Crippen LogP contribution in [0.3, 0.4) is 0 Å². The average molecular weight is 392 g/mol. The summed E-state index contributed by atoms with van der Waals surface area (Å²) in [6.07, 6.45) is 2.35. The number of rotatable bonds is 4. The SMILES string of the molecule is O=C(NCC1CC1)N1CCN(S(=O)(=O)c2ccc(Cl)c(Cl)c2)CC1. The van der Waals surface area contributed by atoms with Gasteiger partial charge in [0.15, 0.2) is 0 Å². The Morgan fingerprint density at radius 2 is 1.79 bits per heavy atom. The number of hydrogen-bond donors (Lipinski definition) is 1. The number of urea groups is 1. The first-order valence-corrected chi connectivity index (χ1v) is 10.1. The standard InChI is InChI=1S/C15H19Cl2N3O3S/c16-13-4-3-12(9-14(13)17)24(22,23)20-7-5-19(6-8-20)15(21)18-10-11-1-2-11/h3-4,9,11H,1-2,5-8,10H2,(H,18,21). The monoisotopic (exact) mass is 391 g/mol. The zero-order chi connectivity index (χ0) is 17.3. The van der Waals surface area contributed by atoms with Gasteiger partial charge in [-0.15, -0.1) is 0 Å². The Hall–Kier alpha value is -1.02. The molecule has 6 nitrogen and oxygen atoms in total. The molecule has 0 spiro atoms. The van der Waals surface area contributed by atoms with E-state index < -0.39 is 10.0 Å². The lowest BCUT2D eigenvalue weighted by molar-refractivity contribution is 0.172. The van der Waals surface area contributed by atoms with Gasteiger partial charge in [-0.05, 0) is 37.0 Å². The van der Waals surface area contributed by atoms with Crippen molar-refractivity contribution in [2.24, 2.45) is 5.92 Å². The quantitative estimate of drug-likeness (QED) is 0.856. The van der Waals surface area contributed by atoms with Crippen LogP contribution in [0.15, 0.2) is 23.1 Å². The van der Waals surface area contributed by atoms with E-state index in [0.29, 0.717) is 30.6 Å². The maximum Gasteiger partial charge on any atom is 0.317 e. The number of benzene rings is 1. The van der Waals surface area contributed by atoms with E-state index in [0.717, 1.165) is 0 Å². The van der Waals surface area contributed by atoms with Gasteiger partial charge in [0.25, 0.3) is 0 Å². The van der Waals surface area contributed by atoms with Crippen molar-refractivity contribution in [1.29, 1.82) is 0 Å². The number of piperazine rings is 1. The van der Waals surface area contributed by atoms with Gasteiger partial charge in [0.05, 0.1) is 14.9 Å². The lowest BCUT2D eigenvalue weighted by Crippen LogP contribution is -2.53. The predicted octanol–water partition coefficient (Wildman–Crippen LogP) is 2.42. The second kappa shape index (κ2) is 7.07. The molecule has 2 fully saturated rings. The summed E-state index contributed by atoms with van der Waals surface area (Å²) in [4.78, 5) is 13.8. The van der Waals surface area contributed by atoms with Gasteiger partial charge in [-0.2, -0.15) is 4.31 Å². The maximum absolute atomic E-state index is 12.7. The first-order valence-electron chi connectivity index (χ1n) is 7.86. The third kappa shape index (κ3) is 3.96. The molecular formula is C15H19Cl2N3O3S. The molecule has 1 aliphatic carbocycles. The molecule has 1 heterocycles. The molecule has 132 valence electrons. The molecule has 2 aliphatic rings. The van der Waals surface area contributed by atoms with Crippen molar-refractivity contribution in [3.63, 3.8) is 0 Å². The lowest BCUT2D eigenvalue weighted by atomic mass is 10.4. The number of carbonyl (C=O) groups is 1. The Morgan fingerprint density at radius 3 is 2.38 bits per heavy atom. The van der Waals surface area contributed by atoms with Crippen LogP contribution < -0.4 is 5.32 Å². The molecule has 1 aromatic rings. The van der Waals surface area contributed by atoms with Crippen LogP contribution in [-0.2, 0) is 10.0 Å². The fourth-order valence-electron chi connectivity index (χ4n) is 2.58. The van der Waals surface area contributed by atoms with Gasteiger partial charge in [0, 0.05) is 32.7 Å². The Balaban J connectivity index is 1.60. The van der Waals surface area contributed by atoms with Crippen LogP contribution >= 0.6 is 23.2 Å². The summed E-state index contributed by atoms with van der Waals surface area (Å²) in [7, 11) is -3.63. The van der Waals surface area contributed by atoms with Crippen molar-refractivity contribution in [1.82, 2.24) is 14.5 Å². The summed E-state index contributed by atoms with van der Waals surface area (Å²) in [5, 5.41) is 3.42. The van der Waals surface area contributed by atoms with Crippen LogP contribution in [0.2, 0.25) is 10.0 Å². The van der Waals surface area contributed by atoms with Gasteiger partial charge in [-0.25, -0.2) is 13.2 Å². The summed E-state index contributed by atoms with van der Waals surface area (Å²) in [6, 6.07) is 4.15. The molecule has 1 aromatic carbocycles. The van der Waals surface area contributed by atoms with Gasteiger partial charge < -0.3 is 10.2 Å². The molecule has 3 rings (SSSR count). The minimum absolute atomic E-state index is 0.114. The van der Waals surface area contributed by atoms with Gasteiger partial charge in [0.1, 0.15) is 0 Å². The molecule has 1 saturated heterocycles. The second-order valence-corrected chi connectivity index (χ2v) is 8.85. The third-order valence-corrected chi connectivity index (χ3v) is 6.93. The molecule has 0 aromatic heterocycles. The van der Waals surface area contributed by atoms with Crippen molar-refractivity contribution in [2.45, 2.75) is 17.7 Å². The normalized spacial score (nSPS) is 19.3. The highest BCUT2D eigenvalue weighted by Crippen LogP contribution is 2.28. The Morgan fingerprint density at radius 1 is 1.12 bits per heavy atom. The van der Waals surface area contributed by atoms with E-state index in [-0.39, 0.29) is 29.0 Å². The second-order valence-electron chi connectivity index (χ2n) is 6.10. The average Bonchev–Trinajstić information content (AvgIpc) is 3.39. The van der Waals surface area contributed by atoms with Gasteiger partial charge >= 0.3 is 6.03 Å². The fraction of sp³-hybridized carbons (Fsp3) is 0.533. The first kappa shape index (κ1) is 17.8. The van der Waals surface area contributed by atoms with E-state index in [4.69, 9.17) is 23.2 Å². The fourth-order valence-corrected chi connectivity index (χ4v) is 4.40. The third-order valence-electron chi connectivity index (χ3n) is 4.29. The molecule has 9 heteroatoms. The van der Waals surface area contributed by atoms with Crippen LogP contribution in [-0.4, -0.2) is 56.4 Å². The predicted molar refractivity (Wildman–Crippen MR) is 92.9 cm³/mol. The van der Waals surface area contributed by atoms with Crippen molar-refractivity contribution in [3.8, 4) is 0 Å². The zero-order valence-electron chi connectivity index (χ0n) is 13.0. The topological polar surface area (TPSA) is 69.7 Å². The molecule has 0 unspecified atom stereocenters. The maximum atomic E-state index is 12.7. The lowest BCUT2D eigenvalue weighted by Gasteiger charge is -2.34. The van der Waals surface area contributed by atoms with Gasteiger partial charge in [0.2, 0.25) is 10.0 Å². The summed E-state index contributed by atoms with van der Waals surface area (Å²) in [5.41, 5.74) is 0. The Kier molecular flexibility index (Phi) is 5.24. The highest BCUT2D eigenvalue weighted by atomic mass is 35.5. The Bertz CT molecular complexity index is 729. The number of carbonyl (C=O) groups excluding carboxylic acids is 1. The van der Waals surface area contributed by atoms with Crippen LogP contribution in [0.25, 0.3) is 0 Å². The Labute approximate surface area is 151 Å². The molecule has 2 amide bonds. The molecular weight excluding hydrogens is 373 g/mol. The minimum Gasteiger partial charge on any atom is -0.338 e. The summed E-state index contributed by atoms with van der Waals surface area (Å²) >= 11 is 11.7. The van der Waals surface area contributed by atoms with Crippen molar-refractivity contribution in [3.05, 3.63) is 28.2 Å². The van der Waals surface area contributed by atoms with E-state index in [1.807, 2.05) is 0 Å². The number of nitrogens with zero attached hydrogens (tertiary/aromatic N) is 2. The molecule has 24 heavy (non-hydrogen) atoms. The molecule has 0 bridgehead atoms. The minimum atomic E-state index is -3.63. The zero-order valence-corrected chi connectivity index (χ0v) is 15.4. The van der Waals surface area contributed by atoms with Crippen LogP contribution in [0.1, 0.15) is 12.8 Å². The molecule has 1 saturated carbocycles. The van der Waals surface area contributed by atoms with Crippen LogP contribution in [0.4, 0.5) is 4.79 Å². The van der Waals surface area contributed by atoms with Crippen LogP contribution in [0, 0.1) is 5.92 Å². The number of nitrogens with one attached hydrogen (secondary N) is 1.